The molecule has 1 fully saturated rings. The minimum absolute atomic E-state index is 0.129. The van der Waals surface area contributed by atoms with Crippen molar-refractivity contribution in [2.45, 2.75) is 12.1 Å². The summed E-state index contributed by atoms with van der Waals surface area (Å²) >= 11 is 0. The first-order valence-corrected chi connectivity index (χ1v) is 6.17. The molecular weight excluding hydrogens is 248 g/mol. The van der Waals surface area contributed by atoms with Gasteiger partial charge in [0.1, 0.15) is 17.6 Å². The van der Waals surface area contributed by atoms with Crippen molar-refractivity contribution in [2.75, 3.05) is 34.0 Å². The molecule has 2 unspecified atom stereocenters. The summed E-state index contributed by atoms with van der Waals surface area (Å²) < 4.78 is 21.6. The first-order chi connectivity index (χ1) is 9.28. The first-order valence-electron chi connectivity index (χ1n) is 6.17. The largest absolute Gasteiger partial charge is 0.497 e. The molecule has 1 saturated heterocycles. The summed E-state index contributed by atoms with van der Waals surface area (Å²) in [5, 5.41) is 0. The van der Waals surface area contributed by atoms with Crippen LogP contribution in [0.5, 0.6) is 11.5 Å². The van der Waals surface area contributed by atoms with E-state index in [1.165, 1.54) is 0 Å². The standard InChI is InChI=1S/C13H20N2O4/c1-16-10-5-9(6-11(7-10)17-2)13(15-14)12-8-18-3-4-19-12/h5-7,12-13,15H,3-4,8,14H2,1-2H3. The summed E-state index contributed by atoms with van der Waals surface area (Å²) in [6, 6.07) is 5.45. The lowest BCUT2D eigenvalue weighted by Gasteiger charge is -2.30. The van der Waals surface area contributed by atoms with Crippen LogP contribution < -0.4 is 20.7 Å². The highest BCUT2D eigenvalue weighted by molar-refractivity contribution is 5.40. The number of nitrogens with two attached hydrogens (primary N) is 1. The number of hydrazine groups is 1. The van der Waals surface area contributed by atoms with Crippen LogP contribution in [0.4, 0.5) is 0 Å². The number of methoxy groups -OCH3 is 2. The van der Waals surface area contributed by atoms with Crippen molar-refractivity contribution in [3.63, 3.8) is 0 Å². The van der Waals surface area contributed by atoms with Gasteiger partial charge in [-0.15, -0.1) is 0 Å². The SMILES string of the molecule is COc1cc(OC)cc(C(NN)C2COCCO2)c1. The second-order valence-electron chi connectivity index (χ2n) is 4.27. The quantitative estimate of drug-likeness (QED) is 0.602. The number of hydrogen-bond acceptors (Lipinski definition) is 6. The number of rotatable bonds is 5. The average molecular weight is 268 g/mol. The normalized spacial score (nSPS) is 20.9. The summed E-state index contributed by atoms with van der Waals surface area (Å²) in [5.74, 6) is 7.08. The molecule has 1 heterocycles. The zero-order valence-electron chi connectivity index (χ0n) is 11.2. The van der Waals surface area contributed by atoms with E-state index in [4.69, 9.17) is 24.8 Å². The second kappa shape index (κ2) is 6.72. The van der Waals surface area contributed by atoms with E-state index in [9.17, 15) is 0 Å². The summed E-state index contributed by atoms with van der Waals surface area (Å²) in [6.45, 7) is 1.70. The molecule has 6 heteroatoms. The number of hydrogen-bond donors (Lipinski definition) is 2. The maximum atomic E-state index is 5.68. The molecule has 1 aromatic carbocycles. The maximum Gasteiger partial charge on any atom is 0.122 e. The summed E-state index contributed by atoms with van der Waals surface area (Å²) in [7, 11) is 3.23. The fraction of sp³-hybridized carbons (Fsp3) is 0.538. The molecule has 0 amide bonds. The highest BCUT2D eigenvalue weighted by Crippen LogP contribution is 2.29. The van der Waals surface area contributed by atoms with E-state index in [0.29, 0.717) is 31.3 Å². The van der Waals surface area contributed by atoms with Gasteiger partial charge in [-0.1, -0.05) is 0 Å². The minimum Gasteiger partial charge on any atom is -0.497 e. The van der Waals surface area contributed by atoms with Gasteiger partial charge in [0.15, 0.2) is 0 Å². The van der Waals surface area contributed by atoms with Gasteiger partial charge in [0.25, 0.3) is 0 Å². The van der Waals surface area contributed by atoms with Crippen LogP contribution in [0, 0.1) is 0 Å². The van der Waals surface area contributed by atoms with Gasteiger partial charge in [0, 0.05) is 6.07 Å². The van der Waals surface area contributed by atoms with Crippen LogP contribution in [0.2, 0.25) is 0 Å². The van der Waals surface area contributed by atoms with Crippen LogP contribution in [-0.4, -0.2) is 40.1 Å². The minimum atomic E-state index is -0.177. The van der Waals surface area contributed by atoms with Crippen molar-refractivity contribution in [1.82, 2.24) is 5.43 Å². The van der Waals surface area contributed by atoms with Crippen LogP contribution in [0.15, 0.2) is 18.2 Å². The zero-order valence-corrected chi connectivity index (χ0v) is 11.2. The molecule has 2 atom stereocenters. The van der Waals surface area contributed by atoms with Crippen molar-refractivity contribution in [3.05, 3.63) is 23.8 Å². The van der Waals surface area contributed by atoms with E-state index in [2.05, 4.69) is 5.43 Å². The molecule has 3 N–H and O–H groups in total. The molecule has 1 aromatic rings. The smallest absolute Gasteiger partial charge is 0.122 e. The zero-order chi connectivity index (χ0) is 13.7. The van der Waals surface area contributed by atoms with Gasteiger partial charge in [-0.05, 0) is 17.7 Å². The van der Waals surface area contributed by atoms with E-state index < -0.39 is 0 Å². The van der Waals surface area contributed by atoms with Crippen molar-refractivity contribution < 1.29 is 18.9 Å². The molecule has 1 aliphatic rings. The average Bonchev–Trinajstić information content (AvgIpc) is 2.48. The molecule has 0 saturated carbocycles. The van der Waals surface area contributed by atoms with Gasteiger partial charge in [0.05, 0.1) is 40.1 Å². The molecule has 0 aliphatic carbocycles. The highest BCUT2D eigenvalue weighted by Gasteiger charge is 2.26. The molecule has 0 bridgehead atoms. The van der Waals surface area contributed by atoms with E-state index >= 15 is 0 Å². The summed E-state index contributed by atoms with van der Waals surface area (Å²) in [4.78, 5) is 0. The predicted octanol–water partition coefficient (Wildman–Crippen LogP) is 0.624. The first kappa shape index (κ1) is 14.1. The molecule has 6 nitrogen and oxygen atoms in total. The van der Waals surface area contributed by atoms with E-state index in [-0.39, 0.29) is 12.1 Å². The lowest BCUT2D eigenvalue weighted by molar-refractivity contribution is -0.102. The van der Waals surface area contributed by atoms with Crippen LogP contribution in [-0.2, 0) is 9.47 Å². The Morgan fingerprint density at radius 3 is 2.37 bits per heavy atom. The van der Waals surface area contributed by atoms with Crippen LogP contribution in [0.1, 0.15) is 11.6 Å². The van der Waals surface area contributed by atoms with Crippen molar-refractivity contribution in [2.24, 2.45) is 5.84 Å². The van der Waals surface area contributed by atoms with Crippen LogP contribution >= 0.6 is 0 Å². The van der Waals surface area contributed by atoms with Gasteiger partial charge >= 0.3 is 0 Å². The van der Waals surface area contributed by atoms with E-state index in [1.54, 1.807) is 14.2 Å². The lowest BCUT2D eigenvalue weighted by Crippen LogP contribution is -2.43. The summed E-state index contributed by atoms with van der Waals surface area (Å²) in [6.07, 6.45) is -0.129. The second-order valence-corrected chi connectivity index (χ2v) is 4.27. The molecule has 0 aromatic heterocycles. The third-order valence-electron chi connectivity index (χ3n) is 3.13. The van der Waals surface area contributed by atoms with Gasteiger partial charge in [-0.3, -0.25) is 11.3 Å². The molecular formula is C13H20N2O4. The monoisotopic (exact) mass is 268 g/mol. The van der Waals surface area contributed by atoms with Crippen LogP contribution in [0.3, 0.4) is 0 Å². The molecule has 0 radical (unpaired) electrons. The van der Waals surface area contributed by atoms with Gasteiger partial charge in [-0.25, -0.2) is 0 Å². The Labute approximate surface area is 112 Å². The van der Waals surface area contributed by atoms with Gasteiger partial charge in [0.2, 0.25) is 0 Å². The maximum absolute atomic E-state index is 5.68. The number of nitrogens with one attached hydrogen (secondary N) is 1. The lowest BCUT2D eigenvalue weighted by atomic mass is 10.0. The summed E-state index contributed by atoms with van der Waals surface area (Å²) in [5.41, 5.74) is 3.71. The predicted molar refractivity (Wildman–Crippen MR) is 70.2 cm³/mol. The molecule has 106 valence electrons. The van der Waals surface area contributed by atoms with Gasteiger partial charge < -0.3 is 18.9 Å². The molecule has 1 aliphatic heterocycles. The van der Waals surface area contributed by atoms with Crippen LogP contribution in [0.25, 0.3) is 0 Å². The molecule has 2 rings (SSSR count). The van der Waals surface area contributed by atoms with E-state index in [1.807, 2.05) is 18.2 Å². The third kappa shape index (κ3) is 3.36. The Kier molecular flexibility index (Phi) is 4.98. The van der Waals surface area contributed by atoms with Gasteiger partial charge in [-0.2, -0.15) is 0 Å². The Morgan fingerprint density at radius 2 is 1.89 bits per heavy atom. The Hall–Kier alpha value is -1.34. The number of benzene rings is 1. The third-order valence-corrected chi connectivity index (χ3v) is 3.13. The molecule has 0 spiro atoms. The van der Waals surface area contributed by atoms with E-state index in [0.717, 1.165) is 5.56 Å². The highest BCUT2D eigenvalue weighted by atomic mass is 16.6. The fourth-order valence-electron chi connectivity index (χ4n) is 2.13. The Balaban J connectivity index is 2.25. The molecule has 19 heavy (non-hydrogen) atoms. The fourth-order valence-corrected chi connectivity index (χ4v) is 2.13. The topological polar surface area (TPSA) is 75.0 Å². The van der Waals surface area contributed by atoms with Crippen molar-refractivity contribution in [1.29, 1.82) is 0 Å². The van der Waals surface area contributed by atoms with Crippen molar-refractivity contribution in [3.8, 4) is 11.5 Å². The van der Waals surface area contributed by atoms with Crippen molar-refractivity contribution >= 4 is 0 Å². The Bertz CT molecular complexity index is 385. The number of ether oxygens (including phenoxy) is 4. The Morgan fingerprint density at radius 1 is 1.21 bits per heavy atom.